The number of nitrogens with zero attached hydrogens (tertiary/aromatic N) is 2. The van der Waals surface area contributed by atoms with Crippen molar-refractivity contribution in [2.24, 2.45) is 7.05 Å². The highest BCUT2D eigenvalue weighted by molar-refractivity contribution is 7.90. The molecule has 6 nitrogen and oxygen atoms in total. The maximum absolute atomic E-state index is 12.1. The van der Waals surface area contributed by atoms with Gasteiger partial charge in [-0.1, -0.05) is 29.8 Å². The molecule has 0 atom stereocenters. The lowest BCUT2D eigenvalue weighted by Crippen LogP contribution is -2.36. The molecule has 0 aliphatic rings. The van der Waals surface area contributed by atoms with Gasteiger partial charge in [0, 0.05) is 24.7 Å². The number of hydrogen-bond donors (Lipinski definition) is 1. The van der Waals surface area contributed by atoms with Crippen molar-refractivity contribution in [1.29, 1.82) is 0 Å². The van der Waals surface area contributed by atoms with Crippen molar-refractivity contribution in [3.05, 3.63) is 52.6 Å². The van der Waals surface area contributed by atoms with Crippen LogP contribution in [0, 0.1) is 0 Å². The molecule has 23 heavy (non-hydrogen) atoms. The SMILES string of the molecule is CC(C)S(=O)(=O)NC(=O)c1cn(C)c(Cc2ccccc2Cl)n1. The Labute approximate surface area is 140 Å². The maximum atomic E-state index is 12.1. The standard InChI is InChI=1S/C15H18ClN3O3S/c1-10(2)23(21,22)18-15(20)13-9-19(3)14(17-13)8-11-6-4-5-7-12(11)16/h4-7,9-10H,8H2,1-3H3,(H,18,20). The molecule has 124 valence electrons. The van der Waals surface area contributed by atoms with Crippen LogP contribution < -0.4 is 4.72 Å². The molecule has 0 radical (unpaired) electrons. The third kappa shape index (κ3) is 4.11. The minimum atomic E-state index is -3.68. The van der Waals surface area contributed by atoms with E-state index in [0.717, 1.165) is 5.56 Å². The number of carbonyl (C=O) groups is 1. The zero-order valence-electron chi connectivity index (χ0n) is 13.1. The van der Waals surface area contributed by atoms with Gasteiger partial charge in [-0.05, 0) is 25.5 Å². The summed E-state index contributed by atoms with van der Waals surface area (Å²) in [5, 5.41) is -0.0818. The van der Waals surface area contributed by atoms with Crippen molar-refractivity contribution in [2.75, 3.05) is 0 Å². The van der Waals surface area contributed by atoms with Crippen LogP contribution in [0.4, 0.5) is 0 Å². The topological polar surface area (TPSA) is 81.1 Å². The Morgan fingerprint density at radius 1 is 1.35 bits per heavy atom. The molecule has 0 bridgehead atoms. The summed E-state index contributed by atoms with van der Waals surface area (Å²) in [7, 11) is -1.94. The smallest absolute Gasteiger partial charge is 0.284 e. The van der Waals surface area contributed by atoms with Crippen LogP contribution in [0.25, 0.3) is 0 Å². The minimum absolute atomic E-state index is 0.0544. The third-order valence-corrected chi connectivity index (χ3v) is 5.45. The molecule has 2 aromatic rings. The fourth-order valence-electron chi connectivity index (χ4n) is 1.89. The molecule has 0 saturated heterocycles. The number of benzene rings is 1. The monoisotopic (exact) mass is 355 g/mol. The molecular formula is C15H18ClN3O3S. The van der Waals surface area contributed by atoms with Crippen molar-refractivity contribution < 1.29 is 13.2 Å². The first-order valence-electron chi connectivity index (χ1n) is 7.02. The molecule has 0 spiro atoms. The normalized spacial score (nSPS) is 11.7. The quantitative estimate of drug-likeness (QED) is 0.890. The number of amides is 1. The molecular weight excluding hydrogens is 338 g/mol. The minimum Gasteiger partial charge on any atom is -0.337 e. The number of rotatable bonds is 5. The van der Waals surface area contributed by atoms with E-state index in [2.05, 4.69) is 4.98 Å². The van der Waals surface area contributed by atoms with Crippen LogP contribution in [0.3, 0.4) is 0 Å². The first-order valence-corrected chi connectivity index (χ1v) is 8.94. The van der Waals surface area contributed by atoms with Crippen LogP contribution in [0.1, 0.15) is 35.7 Å². The molecule has 1 heterocycles. The van der Waals surface area contributed by atoms with Gasteiger partial charge in [0.25, 0.3) is 5.91 Å². The summed E-state index contributed by atoms with van der Waals surface area (Å²) in [5.41, 5.74) is 0.934. The van der Waals surface area contributed by atoms with E-state index < -0.39 is 21.2 Å². The highest BCUT2D eigenvalue weighted by Crippen LogP contribution is 2.18. The summed E-state index contributed by atoms with van der Waals surface area (Å²) >= 11 is 6.12. The number of aryl methyl sites for hydroxylation is 1. The van der Waals surface area contributed by atoms with Gasteiger partial charge in [-0.2, -0.15) is 0 Å². The van der Waals surface area contributed by atoms with E-state index >= 15 is 0 Å². The predicted molar refractivity (Wildman–Crippen MR) is 89.0 cm³/mol. The lowest BCUT2D eigenvalue weighted by atomic mass is 10.1. The molecule has 1 N–H and O–H groups in total. The number of aromatic nitrogens is 2. The van der Waals surface area contributed by atoms with Gasteiger partial charge in [-0.15, -0.1) is 0 Å². The second-order valence-corrected chi connectivity index (χ2v) is 8.09. The van der Waals surface area contributed by atoms with Gasteiger partial charge >= 0.3 is 0 Å². The molecule has 0 unspecified atom stereocenters. The van der Waals surface area contributed by atoms with Crippen molar-refractivity contribution in [2.45, 2.75) is 25.5 Å². The van der Waals surface area contributed by atoms with Gasteiger partial charge < -0.3 is 4.57 Å². The van der Waals surface area contributed by atoms with Gasteiger partial charge in [0.1, 0.15) is 11.5 Å². The van der Waals surface area contributed by atoms with Crippen molar-refractivity contribution in [1.82, 2.24) is 14.3 Å². The Morgan fingerprint density at radius 3 is 2.61 bits per heavy atom. The van der Waals surface area contributed by atoms with Gasteiger partial charge in [-0.3, -0.25) is 4.79 Å². The van der Waals surface area contributed by atoms with Gasteiger partial charge in [-0.25, -0.2) is 18.1 Å². The summed E-state index contributed by atoms with van der Waals surface area (Å²) in [5.74, 6) is -0.120. The van der Waals surface area contributed by atoms with Crippen LogP contribution >= 0.6 is 11.6 Å². The first kappa shape index (κ1) is 17.5. The number of halogens is 1. The Morgan fingerprint density at radius 2 is 2.00 bits per heavy atom. The summed E-state index contributed by atoms with van der Waals surface area (Å²) in [6.45, 7) is 2.99. The summed E-state index contributed by atoms with van der Waals surface area (Å²) in [6, 6.07) is 7.36. The molecule has 1 aromatic carbocycles. The van der Waals surface area contributed by atoms with E-state index in [-0.39, 0.29) is 5.69 Å². The van der Waals surface area contributed by atoms with Gasteiger partial charge in [0.15, 0.2) is 0 Å². The molecule has 1 aromatic heterocycles. The van der Waals surface area contributed by atoms with Crippen LogP contribution in [0.2, 0.25) is 5.02 Å². The number of carbonyl (C=O) groups excluding carboxylic acids is 1. The Bertz CT molecular complexity index is 828. The van der Waals surface area contributed by atoms with Gasteiger partial charge in [0.05, 0.1) is 5.25 Å². The Hall–Kier alpha value is -1.86. The van der Waals surface area contributed by atoms with Gasteiger partial charge in [0.2, 0.25) is 10.0 Å². The fraction of sp³-hybridized carbons (Fsp3) is 0.333. The molecule has 0 fully saturated rings. The van der Waals surface area contributed by atoms with Crippen molar-refractivity contribution in [3.8, 4) is 0 Å². The molecule has 0 aliphatic heterocycles. The number of imidazole rings is 1. The molecule has 0 aliphatic carbocycles. The lowest BCUT2D eigenvalue weighted by Gasteiger charge is -2.07. The van der Waals surface area contributed by atoms with Crippen LogP contribution in [0.15, 0.2) is 30.5 Å². The average molecular weight is 356 g/mol. The van der Waals surface area contributed by atoms with E-state index in [0.29, 0.717) is 17.3 Å². The van der Waals surface area contributed by atoms with E-state index in [1.54, 1.807) is 17.7 Å². The summed E-state index contributed by atoms with van der Waals surface area (Å²) in [6.07, 6.45) is 1.94. The van der Waals surface area contributed by atoms with Crippen molar-refractivity contribution >= 4 is 27.5 Å². The number of sulfonamides is 1. The highest BCUT2D eigenvalue weighted by Gasteiger charge is 2.22. The van der Waals surface area contributed by atoms with E-state index in [1.807, 2.05) is 22.9 Å². The fourth-order valence-corrected chi connectivity index (χ4v) is 2.69. The maximum Gasteiger partial charge on any atom is 0.284 e. The molecule has 8 heteroatoms. The van der Waals surface area contributed by atoms with Crippen LogP contribution in [-0.2, 0) is 23.5 Å². The van der Waals surface area contributed by atoms with Crippen LogP contribution in [-0.4, -0.2) is 29.1 Å². The first-order chi connectivity index (χ1) is 10.7. The highest BCUT2D eigenvalue weighted by atomic mass is 35.5. The molecule has 1 amide bonds. The van der Waals surface area contributed by atoms with E-state index in [9.17, 15) is 13.2 Å². The molecule has 0 saturated carbocycles. The zero-order valence-corrected chi connectivity index (χ0v) is 14.6. The molecule has 2 rings (SSSR count). The third-order valence-electron chi connectivity index (χ3n) is 3.37. The average Bonchev–Trinajstić information content (AvgIpc) is 2.82. The zero-order chi connectivity index (χ0) is 17.2. The number of nitrogens with one attached hydrogen (secondary N) is 1. The van der Waals surface area contributed by atoms with Crippen molar-refractivity contribution in [3.63, 3.8) is 0 Å². The second kappa shape index (κ2) is 6.72. The second-order valence-electron chi connectivity index (χ2n) is 5.45. The number of hydrogen-bond acceptors (Lipinski definition) is 4. The predicted octanol–water partition coefficient (Wildman–Crippen LogP) is 2.13. The lowest BCUT2D eigenvalue weighted by molar-refractivity contribution is 0.0976. The summed E-state index contributed by atoms with van der Waals surface area (Å²) < 4.78 is 27.2. The largest absolute Gasteiger partial charge is 0.337 e. The van der Waals surface area contributed by atoms with E-state index in [4.69, 9.17) is 11.6 Å². The Balaban J connectivity index is 2.21. The Kier molecular flexibility index (Phi) is 5.11. The summed E-state index contributed by atoms with van der Waals surface area (Å²) in [4.78, 5) is 16.3. The van der Waals surface area contributed by atoms with E-state index in [1.165, 1.54) is 20.0 Å². The van der Waals surface area contributed by atoms with Crippen LogP contribution in [0.5, 0.6) is 0 Å².